The quantitative estimate of drug-likeness (QED) is 0.383. The molecule has 0 bridgehead atoms. The number of benzene rings is 3. The van der Waals surface area contributed by atoms with E-state index in [-0.39, 0.29) is 29.7 Å². The third-order valence-corrected chi connectivity index (χ3v) is 5.66. The molecule has 0 aromatic heterocycles. The topological polar surface area (TPSA) is 33.3 Å². The molecule has 1 unspecified atom stereocenters. The first-order valence-electron chi connectivity index (χ1n) is 10.6. The number of hydrogen-bond acceptors (Lipinski definition) is 3. The van der Waals surface area contributed by atoms with Crippen LogP contribution in [0.4, 0.5) is 27.6 Å². The van der Waals surface area contributed by atoms with Gasteiger partial charge in [-0.05, 0) is 86.5 Å². The maximum Gasteiger partial charge on any atom is 0.416 e. The molecule has 33 heavy (non-hydrogen) atoms. The summed E-state index contributed by atoms with van der Waals surface area (Å²) in [5.74, 6) is -0.202. The van der Waals surface area contributed by atoms with Gasteiger partial charge in [0.05, 0.1) is 5.56 Å². The van der Waals surface area contributed by atoms with Crippen LogP contribution in [0.3, 0.4) is 0 Å². The maximum atomic E-state index is 14.3. The first kappa shape index (κ1) is 23.0. The maximum absolute atomic E-state index is 14.3. The molecule has 1 heterocycles. The van der Waals surface area contributed by atoms with Crippen LogP contribution in [0.2, 0.25) is 0 Å². The van der Waals surface area contributed by atoms with Crippen LogP contribution >= 0.6 is 0 Å². The first-order valence-corrected chi connectivity index (χ1v) is 10.6. The lowest BCUT2D eigenvalue weighted by atomic mass is 10.0. The fourth-order valence-corrected chi connectivity index (χ4v) is 3.91. The summed E-state index contributed by atoms with van der Waals surface area (Å²) in [4.78, 5) is 0. The molecule has 3 aromatic rings. The summed E-state index contributed by atoms with van der Waals surface area (Å²) in [6, 6.07) is 11.6. The Morgan fingerprint density at radius 1 is 1.00 bits per heavy atom. The third-order valence-electron chi connectivity index (χ3n) is 5.66. The van der Waals surface area contributed by atoms with E-state index >= 15 is 0 Å². The largest absolute Gasteiger partial charge is 0.457 e. The molecule has 1 aliphatic heterocycles. The monoisotopic (exact) mass is 462 g/mol. The van der Waals surface area contributed by atoms with Crippen LogP contribution in [0, 0.1) is 18.6 Å². The summed E-state index contributed by atoms with van der Waals surface area (Å²) in [6.45, 7) is 2.48. The Balaban J connectivity index is 1.60. The third kappa shape index (κ3) is 5.45. The molecule has 1 atom stereocenters. The van der Waals surface area contributed by atoms with E-state index in [0.717, 1.165) is 31.5 Å². The molecule has 1 aliphatic rings. The van der Waals surface area contributed by atoms with Gasteiger partial charge in [0, 0.05) is 29.4 Å². The summed E-state index contributed by atoms with van der Waals surface area (Å²) in [7, 11) is 0. The summed E-state index contributed by atoms with van der Waals surface area (Å²) >= 11 is 0. The number of ether oxygens (including phenoxy) is 1. The Labute approximate surface area is 188 Å². The number of anilines is 1. The number of halogens is 5. The highest BCUT2D eigenvalue weighted by Gasteiger charge is 2.31. The molecule has 2 N–H and O–H groups in total. The van der Waals surface area contributed by atoms with Gasteiger partial charge < -0.3 is 15.4 Å². The average Bonchev–Trinajstić information content (AvgIpc) is 3.29. The van der Waals surface area contributed by atoms with E-state index in [4.69, 9.17) is 4.74 Å². The van der Waals surface area contributed by atoms with Gasteiger partial charge in [0.15, 0.2) is 0 Å². The summed E-state index contributed by atoms with van der Waals surface area (Å²) < 4.78 is 73.5. The molecule has 174 valence electrons. The summed E-state index contributed by atoms with van der Waals surface area (Å²) in [6.07, 6.45) is -2.74. The van der Waals surface area contributed by atoms with Crippen molar-refractivity contribution in [2.24, 2.45) is 0 Å². The van der Waals surface area contributed by atoms with E-state index < -0.39 is 17.6 Å². The Morgan fingerprint density at radius 3 is 2.48 bits per heavy atom. The Hall–Kier alpha value is -3.13. The van der Waals surface area contributed by atoms with Gasteiger partial charge in [-0.25, -0.2) is 8.78 Å². The zero-order valence-electron chi connectivity index (χ0n) is 17.9. The van der Waals surface area contributed by atoms with Crippen molar-refractivity contribution in [3.63, 3.8) is 0 Å². The van der Waals surface area contributed by atoms with E-state index in [1.807, 2.05) is 0 Å². The smallest absolute Gasteiger partial charge is 0.416 e. The molecule has 0 spiro atoms. The molecule has 4 rings (SSSR count). The summed E-state index contributed by atoms with van der Waals surface area (Å²) in [5.41, 5.74) is 1.08. The van der Waals surface area contributed by atoms with Crippen LogP contribution in [0.5, 0.6) is 11.5 Å². The molecule has 3 nitrogen and oxygen atoms in total. The van der Waals surface area contributed by atoms with E-state index in [1.165, 1.54) is 30.3 Å². The minimum absolute atomic E-state index is 0.0165. The highest BCUT2D eigenvalue weighted by molar-refractivity contribution is 5.50. The lowest BCUT2D eigenvalue weighted by Gasteiger charge is -2.17. The van der Waals surface area contributed by atoms with Crippen molar-refractivity contribution in [3.05, 3.63) is 88.5 Å². The van der Waals surface area contributed by atoms with Crippen molar-refractivity contribution >= 4 is 5.69 Å². The number of aryl methyl sites for hydroxylation is 1. The SMILES string of the molecule is Cc1cc(F)ccc1Oc1ccc(C(F)(F)F)cc1CNc1ccc(F)c(C2CCCN2)c1. The van der Waals surface area contributed by atoms with Crippen molar-refractivity contribution in [1.29, 1.82) is 0 Å². The standard InChI is InChI=1S/C25H23F5N2O/c1-15-11-18(26)5-9-23(15)33-24-8-4-17(25(28,29)30)12-16(24)14-32-19-6-7-21(27)20(13-19)22-3-2-10-31-22/h4-9,11-13,22,31-32H,2-3,10,14H2,1H3. The molecule has 0 aliphatic carbocycles. The number of hydrogen-bond donors (Lipinski definition) is 2. The fourth-order valence-electron chi connectivity index (χ4n) is 3.91. The van der Waals surface area contributed by atoms with E-state index in [9.17, 15) is 22.0 Å². The second kappa shape index (κ2) is 9.39. The first-order chi connectivity index (χ1) is 15.7. The molecule has 0 saturated carbocycles. The molecule has 0 radical (unpaired) electrons. The van der Waals surface area contributed by atoms with Crippen LogP contribution in [0.1, 0.15) is 41.1 Å². The van der Waals surface area contributed by atoms with Gasteiger partial charge in [-0.3, -0.25) is 0 Å². The minimum atomic E-state index is -4.52. The van der Waals surface area contributed by atoms with Gasteiger partial charge in [-0.15, -0.1) is 0 Å². The van der Waals surface area contributed by atoms with Crippen LogP contribution in [0.25, 0.3) is 0 Å². The number of alkyl halides is 3. The van der Waals surface area contributed by atoms with Crippen molar-refractivity contribution in [2.75, 3.05) is 11.9 Å². The number of nitrogens with one attached hydrogen (secondary N) is 2. The fraction of sp³-hybridized carbons (Fsp3) is 0.280. The molecule has 1 saturated heterocycles. The minimum Gasteiger partial charge on any atom is -0.457 e. The molecular formula is C25H23F5N2O. The predicted molar refractivity (Wildman–Crippen MR) is 116 cm³/mol. The highest BCUT2D eigenvalue weighted by Crippen LogP contribution is 2.35. The molecule has 8 heteroatoms. The van der Waals surface area contributed by atoms with Crippen LogP contribution in [-0.4, -0.2) is 6.54 Å². The van der Waals surface area contributed by atoms with Gasteiger partial charge in [0.25, 0.3) is 0 Å². The second-order valence-electron chi connectivity index (χ2n) is 8.07. The van der Waals surface area contributed by atoms with Crippen LogP contribution in [-0.2, 0) is 12.7 Å². The predicted octanol–water partition coefficient (Wildman–Crippen LogP) is 7.12. The lowest BCUT2D eigenvalue weighted by Crippen LogP contribution is -2.14. The molecule has 0 amide bonds. The van der Waals surface area contributed by atoms with Gasteiger partial charge in [-0.2, -0.15) is 13.2 Å². The van der Waals surface area contributed by atoms with E-state index in [2.05, 4.69) is 10.6 Å². The molecule has 3 aromatic carbocycles. The van der Waals surface area contributed by atoms with E-state index in [0.29, 0.717) is 22.6 Å². The van der Waals surface area contributed by atoms with Gasteiger partial charge in [-0.1, -0.05) is 0 Å². The van der Waals surface area contributed by atoms with Crippen molar-refractivity contribution in [2.45, 2.75) is 38.5 Å². The van der Waals surface area contributed by atoms with Crippen LogP contribution < -0.4 is 15.4 Å². The van der Waals surface area contributed by atoms with E-state index in [1.54, 1.807) is 19.1 Å². The van der Waals surface area contributed by atoms with Crippen molar-refractivity contribution in [3.8, 4) is 11.5 Å². The zero-order chi connectivity index (χ0) is 23.6. The molecular weight excluding hydrogens is 439 g/mol. The summed E-state index contributed by atoms with van der Waals surface area (Å²) in [5, 5.41) is 6.32. The lowest BCUT2D eigenvalue weighted by molar-refractivity contribution is -0.137. The van der Waals surface area contributed by atoms with Crippen LogP contribution in [0.15, 0.2) is 54.6 Å². The Morgan fingerprint density at radius 2 is 1.79 bits per heavy atom. The Bertz CT molecular complexity index is 1140. The zero-order valence-corrected chi connectivity index (χ0v) is 17.9. The van der Waals surface area contributed by atoms with Crippen molar-refractivity contribution in [1.82, 2.24) is 5.32 Å². The van der Waals surface area contributed by atoms with Gasteiger partial charge >= 0.3 is 6.18 Å². The van der Waals surface area contributed by atoms with Crippen molar-refractivity contribution < 1.29 is 26.7 Å². The average molecular weight is 462 g/mol. The normalized spacial score (nSPS) is 16.1. The number of rotatable bonds is 6. The second-order valence-corrected chi connectivity index (χ2v) is 8.07. The van der Waals surface area contributed by atoms with Gasteiger partial charge in [0.1, 0.15) is 23.1 Å². The highest BCUT2D eigenvalue weighted by atomic mass is 19.4. The molecule has 1 fully saturated rings. The van der Waals surface area contributed by atoms with Gasteiger partial charge in [0.2, 0.25) is 0 Å². The Kier molecular flexibility index (Phi) is 6.56.